The van der Waals surface area contributed by atoms with Crippen molar-refractivity contribution >= 4 is 5.91 Å². The van der Waals surface area contributed by atoms with Crippen LogP contribution in [0.15, 0.2) is 18.2 Å². The monoisotopic (exact) mass is 302 g/mol. The molecule has 0 saturated carbocycles. The molecule has 0 spiro atoms. The van der Waals surface area contributed by atoms with E-state index in [0.29, 0.717) is 13.2 Å². The summed E-state index contributed by atoms with van der Waals surface area (Å²) in [4.78, 5) is 13.2. The molecule has 0 unspecified atom stereocenters. The molecule has 0 aliphatic heterocycles. The Bertz CT molecular complexity index is 481. The van der Waals surface area contributed by atoms with Crippen molar-refractivity contribution in [2.45, 2.75) is 33.0 Å². The standard InChI is InChI=1S/C14H20F2N2O3/c1-4-20-12-7-10(5-6-11(12)21-14(15)16)8-18(3)13(19)9(2)17/h5-7,9,14H,4,8,17H2,1-3H3/t9-/m0/s1. The van der Waals surface area contributed by atoms with Crippen LogP contribution in [0.5, 0.6) is 11.5 Å². The quantitative estimate of drug-likeness (QED) is 0.836. The van der Waals surface area contributed by atoms with Crippen LogP contribution >= 0.6 is 0 Å². The minimum absolute atomic E-state index is 0.0308. The highest BCUT2D eigenvalue weighted by Crippen LogP contribution is 2.30. The molecule has 1 amide bonds. The number of likely N-dealkylation sites (N-methyl/N-ethyl adjacent to an activating group) is 1. The van der Waals surface area contributed by atoms with Crippen molar-refractivity contribution in [3.05, 3.63) is 23.8 Å². The Labute approximate surface area is 122 Å². The molecule has 0 heterocycles. The zero-order valence-electron chi connectivity index (χ0n) is 12.3. The first-order valence-electron chi connectivity index (χ1n) is 6.56. The maximum absolute atomic E-state index is 12.3. The number of carbonyl (C=O) groups is 1. The van der Waals surface area contributed by atoms with E-state index >= 15 is 0 Å². The van der Waals surface area contributed by atoms with Crippen LogP contribution in [0.4, 0.5) is 8.78 Å². The molecular weight excluding hydrogens is 282 g/mol. The maximum atomic E-state index is 12.3. The lowest BCUT2D eigenvalue weighted by Crippen LogP contribution is -2.39. The number of rotatable bonds is 7. The fourth-order valence-electron chi connectivity index (χ4n) is 1.81. The summed E-state index contributed by atoms with van der Waals surface area (Å²) in [6, 6.07) is 3.98. The molecule has 1 aromatic rings. The number of ether oxygens (including phenoxy) is 2. The Morgan fingerprint density at radius 1 is 1.38 bits per heavy atom. The van der Waals surface area contributed by atoms with E-state index in [1.807, 2.05) is 0 Å². The van der Waals surface area contributed by atoms with E-state index in [0.717, 1.165) is 5.56 Å². The normalized spacial score (nSPS) is 12.1. The summed E-state index contributed by atoms with van der Waals surface area (Å²) >= 11 is 0. The average molecular weight is 302 g/mol. The van der Waals surface area contributed by atoms with Gasteiger partial charge in [-0.1, -0.05) is 6.07 Å². The number of hydrogen-bond donors (Lipinski definition) is 1. The fourth-order valence-corrected chi connectivity index (χ4v) is 1.81. The van der Waals surface area contributed by atoms with E-state index in [9.17, 15) is 13.6 Å². The Kier molecular flexibility index (Phi) is 6.36. The number of benzene rings is 1. The van der Waals surface area contributed by atoms with E-state index in [1.165, 1.54) is 11.0 Å². The molecule has 0 aliphatic rings. The molecule has 21 heavy (non-hydrogen) atoms. The first-order chi connectivity index (χ1) is 9.85. The number of carbonyl (C=O) groups excluding carboxylic acids is 1. The van der Waals surface area contributed by atoms with Gasteiger partial charge in [0, 0.05) is 13.6 Å². The lowest BCUT2D eigenvalue weighted by Gasteiger charge is -2.20. The number of amides is 1. The summed E-state index contributed by atoms with van der Waals surface area (Å²) in [5, 5.41) is 0. The van der Waals surface area contributed by atoms with E-state index in [2.05, 4.69) is 4.74 Å². The van der Waals surface area contributed by atoms with Gasteiger partial charge in [-0.3, -0.25) is 4.79 Å². The minimum Gasteiger partial charge on any atom is -0.490 e. The van der Waals surface area contributed by atoms with Crippen molar-refractivity contribution in [2.75, 3.05) is 13.7 Å². The highest BCUT2D eigenvalue weighted by atomic mass is 19.3. The third-order valence-electron chi connectivity index (χ3n) is 2.71. The Balaban J connectivity index is 2.89. The molecule has 2 N–H and O–H groups in total. The molecule has 0 fully saturated rings. The SMILES string of the molecule is CCOc1cc(CN(C)C(=O)[C@H](C)N)ccc1OC(F)F. The highest BCUT2D eigenvalue weighted by molar-refractivity contribution is 5.80. The largest absolute Gasteiger partial charge is 0.490 e. The number of hydrogen-bond acceptors (Lipinski definition) is 4. The van der Waals surface area contributed by atoms with Crippen molar-refractivity contribution in [2.24, 2.45) is 5.73 Å². The van der Waals surface area contributed by atoms with E-state index in [-0.39, 0.29) is 17.4 Å². The zero-order valence-corrected chi connectivity index (χ0v) is 12.3. The molecule has 0 aliphatic carbocycles. The first kappa shape index (κ1) is 17.2. The summed E-state index contributed by atoms with van der Waals surface area (Å²) in [6.07, 6.45) is 0. The average Bonchev–Trinajstić information content (AvgIpc) is 2.40. The second-order valence-electron chi connectivity index (χ2n) is 4.58. The van der Waals surface area contributed by atoms with Crippen LogP contribution in [-0.4, -0.2) is 37.1 Å². The topological polar surface area (TPSA) is 64.8 Å². The second kappa shape index (κ2) is 7.78. The van der Waals surface area contributed by atoms with E-state index < -0.39 is 12.7 Å². The minimum atomic E-state index is -2.92. The van der Waals surface area contributed by atoms with Gasteiger partial charge in [0.2, 0.25) is 5.91 Å². The zero-order chi connectivity index (χ0) is 16.0. The van der Waals surface area contributed by atoms with Gasteiger partial charge in [0.15, 0.2) is 11.5 Å². The van der Waals surface area contributed by atoms with Gasteiger partial charge in [0.25, 0.3) is 0 Å². The predicted molar refractivity (Wildman–Crippen MR) is 74.4 cm³/mol. The Morgan fingerprint density at radius 3 is 2.57 bits per heavy atom. The van der Waals surface area contributed by atoms with Crippen LogP contribution in [0.1, 0.15) is 19.4 Å². The van der Waals surface area contributed by atoms with E-state index in [1.54, 1.807) is 33.0 Å². The molecule has 0 bridgehead atoms. The van der Waals surface area contributed by atoms with Crippen molar-refractivity contribution in [1.29, 1.82) is 0 Å². The van der Waals surface area contributed by atoms with Crippen LogP contribution < -0.4 is 15.2 Å². The van der Waals surface area contributed by atoms with Crippen molar-refractivity contribution in [1.82, 2.24) is 4.90 Å². The lowest BCUT2D eigenvalue weighted by atomic mass is 10.2. The molecule has 7 heteroatoms. The number of nitrogens with two attached hydrogens (primary N) is 1. The maximum Gasteiger partial charge on any atom is 0.387 e. The third-order valence-corrected chi connectivity index (χ3v) is 2.71. The van der Waals surface area contributed by atoms with Crippen LogP contribution in [0, 0.1) is 0 Å². The summed E-state index contributed by atoms with van der Waals surface area (Å²) in [7, 11) is 1.62. The smallest absolute Gasteiger partial charge is 0.387 e. The van der Waals surface area contributed by atoms with Gasteiger partial charge in [-0.25, -0.2) is 0 Å². The lowest BCUT2D eigenvalue weighted by molar-refractivity contribution is -0.131. The molecule has 0 saturated heterocycles. The van der Waals surface area contributed by atoms with Crippen molar-refractivity contribution < 1.29 is 23.0 Å². The molecular formula is C14H20F2N2O3. The van der Waals surface area contributed by atoms with Crippen LogP contribution in [-0.2, 0) is 11.3 Å². The Hall–Kier alpha value is -1.89. The number of alkyl halides is 2. The second-order valence-corrected chi connectivity index (χ2v) is 4.58. The summed E-state index contributed by atoms with van der Waals surface area (Å²) in [5.74, 6) is -0.0189. The van der Waals surface area contributed by atoms with Gasteiger partial charge in [-0.2, -0.15) is 8.78 Å². The van der Waals surface area contributed by atoms with Gasteiger partial charge in [0.05, 0.1) is 12.6 Å². The molecule has 1 aromatic carbocycles. The van der Waals surface area contributed by atoms with Crippen LogP contribution in [0.2, 0.25) is 0 Å². The van der Waals surface area contributed by atoms with Gasteiger partial charge in [-0.15, -0.1) is 0 Å². The van der Waals surface area contributed by atoms with Gasteiger partial charge >= 0.3 is 6.61 Å². The molecule has 1 rings (SSSR count). The molecule has 0 aromatic heterocycles. The van der Waals surface area contributed by atoms with Gasteiger partial charge < -0.3 is 20.1 Å². The fraction of sp³-hybridized carbons (Fsp3) is 0.500. The number of halogens is 2. The Morgan fingerprint density at radius 2 is 2.05 bits per heavy atom. The van der Waals surface area contributed by atoms with Gasteiger partial charge in [-0.05, 0) is 31.5 Å². The van der Waals surface area contributed by atoms with Crippen LogP contribution in [0.3, 0.4) is 0 Å². The van der Waals surface area contributed by atoms with Crippen LogP contribution in [0.25, 0.3) is 0 Å². The summed E-state index contributed by atoms with van der Waals surface area (Å²) < 4.78 is 34.3. The van der Waals surface area contributed by atoms with Crippen molar-refractivity contribution in [3.8, 4) is 11.5 Å². The van der Waals surface area contributed by atoms with Gasteiger partial charge in [0.1, 0.15) is 0 Å². The van der Waals surface area contributed by atoms with Crippen molar-refractivity contribution in [3.63, 3.8) is 0 Å². The van der Waals surface area contributed by atoms with E-state index in [4.69, 9.17) is 10.5 Å². The first-order valence-corrected chi connectivity index (χ1v) is 6.56. The summed E-state index contributed by atoms with van der Waals surface area (Å²) in [5.41, 5.74) is 6.26. The molecule has 118 valence electrons. The molecule has 5 nitrogen and oxygen atoms in total. The predicted octanol–water partition coefficient (Wildman–Crippen LogP) is 1.99. The molecule has 0 radical (unpaired) electrons. The molecule has 1 atom stereocenters. The third kappa shape index (κ3) is 5.18. The summed E-state index contributed by atoms with van der Waals surface area (Å²) in [6.45, 7) is 1.04. The number of nitrogens with zero attached hydrogens (tertiary/aromatic N) is 1. The highest BCUT2D eigenvalue weighted by Gasteiger charge is 2.16.